The molecule has 2 aromatic carbocycles. The van der Waals surface area contributed by atoms with E-state index in [0.717, 1.165) is 22.9 Å². The van der Waals surface area contributed by atoms with Crippen LogP contribution in [0, 0.1) is 18.6 Å². The van der Waals surface area contributed by atoms with Gasteiger partial charge in [0.25, 0.3) is 0 Å². The van der Waals surface area contributed by atoms with E-state index in [2.05, 4.69) is 21.0 Å². The largest absolute Gasteiger partial charge is 0.333 e. The van der Waals surface area contributed by atoms with E-state index >= 15 is 0 Å². The van der Waals surface area contributed by atoms with E-state index in [1.165, 1.54) is 6.07 Å². The molecule has 5 rings (SSSR count). The molecule has 180 valence electrons. The van der Waals surface area contributed by atoms with Gasteiger partial charge in [-0.05, 0) is 36.8 Å². The lowest BCUT2D eigenvalue weighted by Crippen LogP contribution is -2.42. The topological polar surface area (TPSA) is 88.8 Å². The molecule has 0 bridgehead atoms. The predicted molar refractivity (Wildman–Crippen MR) is 128 cm³/mol. The van der Waals surface area contributed by atoms with Crippen molar-refractivity contribution in [3.05, 3.63) is 83.7 Å². The van der Waals surface area contributed by atoms with Crippen LogP contribution in [-0.4, -0.2) is 44.7 Å². The molecule has 0 saturated carbocycles. The number of halogens is 2. The summed E-state index contributed by atoms with van der Waals surface area (Å²) in [6, 6.07) is 12.7. The zero-order valence-corrected chi connectivity index (χ0v) is 19.3. The number of rotatable bonds is 5. The molecule has 1 saturated heterocycles. The Morgan fingerprint density at radius 3 is 2.63 bits per heavy atom. The molecule has 2 atom stereocenters. The van der Waals surface area contributed by atoms with Gasteiger partial charge in [0.2, 0.25) is 0 Å². The number of aromatic nitrogens is 4. The fourth-order valence-electron chi connectivity index (χ4n) is 4.45. The van der Waals surface area contributed by atoms with Crippen molar-refractivity contribution in [1.29, 1.82) is 0 Å². The summed E-state index contributed by atoms with van der Waals surface area (Å²) in [5.74, 6) is -1.45. The lowest BCUT2D eigenvalue weighted by molar-refractivity contribution is 0.248. The van der Waals surface area contributed by atoms with E-state index in [-0.39, 0.29) is 12.0 Å². The Hall–Kier alpha value is -4.05. The highest BCUT2D eigenvalue weighted by molar-refractivity contribution is 5.91. The third-order valence-electron chi connectivity index (χ3n) is 6.24. The first-order valence-electron chi connectivity index (χ1n) is 11.3. The number of urea groups is 1. The van der Waals surface area contributed by atoms with Gasteiger partial charge in [-0.15, -0.1) is 0 Å². The summed E-state index contributed by atoms with van der Waals surface area (Å²) in [5, 5.41) is 18.1. The molecule has 0 radical (unpaired) electrons. The lowest BCUT2D eigenvalue weighted by Gasteiger charge is -2.21. The van der Waals surface area contributed by atoms with Crippen LogP contribution in [0.2, 0.25) is 0 Å². The second-order valence-electron chi connectivity index (χ2n) is 8.62. The Balaban J connectivity index is 1.41. The van der Waals surface area contributed by atoms with E-state index in [4.69, 9.17) is 5.10 Å². The number of para-hydroxylation sites is 1. The summed E-state index contributed by atoms with van der Waals surface area (Å²) in [4.78, 5) is 13.1. The summed E-state index contributed by atoms with van der Waals surface area (Å²) in [5.41, 5.74) is 3.76. The van der Waals surface area contributed by atoms with Gasteiger partial charge in [-0.2, -0.15) is 10.2 Å². The summed E-state index contributed by atoms with van der Waals surface area (Å²) in [7, 11) is 1.83. The van der Waals surface area contributed by atoms with Crippen molar-refractivity contribution in [2.75, 3.05) is 18.4 Å². The number of hydrogen-bond donors (Lipinski definition) is 3. The Morgan fingerprint density at radius 1 is 1.11 bits per heavy atom. The van der Waals surface area contributed by atoms with Crippen LogP contribution >= 0.6 is 0 Å². The van der Waals surface area contributed by atoms with Crippen molar-refractivity contribution < 1.29 is 13.6 Å². The number of carbonyl (C=O) groups is 1. The van der Waals surface area contributed by atoms with Crippen LogP contribution in [0.5, 0.6) is 0 Å². The SMILES string of the molecule is Cc1c(-c2cnn(C)c2)nn(-c2ccccc2)c1NC(=O)N[C@@H]1CNC[C@H]1c1ccc(F)c(F)c1. The molecule has 1 aliphatic rings. The first-order chi connectivity index (χ1) is 16.9. The summed E-state index contributed by atoms with van der Waals surface area (Å²) < 4.78 is 30.6. The first-order valence-corrected chi connectivity index (χ1v) is 11.3. The van der Waals surface area contributed by atoms with E-state index in [1.54, 1.807) is 21.6 Å². The smallest absolute Gasteiger partial charge is 0.320 e. The minimum Gasteiger partial charge on any atom is -0.333 e. The molecule has 3 heterocycles. The quantitative estimate of drug-likeness (QED) is 0.409. The van der Waals surface area contributed by atoms with Crippen LogP contribution in [0.4, 0.5) is 19.4 Å². The Labute approximate surface area is 201 Å². The van der Waals surface area contributed by atoms with Crippen molar-refractivity contribution in [2.45, 2.75) is 18.9 Å². The van der Waals surface area contributed by atoms with Gasteiger partial charge >= 0.3 is 6.03 Å². The monoisotopic (exact) mass is 477 g/mol. The Bertz CT molecular complexity index is 1370. The van der Waals surface area contributed by atoms with Crippen LogP contribution in [0.25, 0.3) is 16.9 Å². The Kier molecular flexibility index (Phi) is 6.04. The third-order valence-corrected chi connectivity index (χ3v) is 6.24. The number of amides is 2. The number of aryl methyl sites for hydroxylation is 1. The minimum absolute atomic E-state index is 0.193. The van der Waals surface area contributed by atoms with Gasteiger partial charge in [-0.3, -0.25) is 10.00 Å². The fraction of sp³-hybridized carbons (Fsp3) is 0.240. The maximum absolute atomic E-state index is 13.8. The maximum Gasteiger partial charge on any atom is 0.320 e. The molecular formula is C25H25F2N7O. The van der Waals surface area contributed by atoms with Gasteiger partial charge in [0.15, 0.2) is 11.6 Å². The van der Waals surface area contributed by atoms with E-state index in [1.807, 2.05) is 50.5 Å². The van der Waals surface area contributed by atoms with Gasteiger partial charge < -0.3 is 10.6 Å². The lowest BCUT2D eigenvalue weighted by atomic mass is 9.94. The van der Waals surface area contributed by atoms with Crippen LogP contribution < -0.4 is 16.0 Å². The average Bonchev–Trinajstić information content (AvgIpc) is 3.56. The molecule has 4 aromatic rings. The molecule has 0 unspecified atom stereocenters. The summed E-state index contributed by atoms with van der Waals surface area (Å²) in [6.07, 6.45) is 3.59. The summed E-state index contributed by atoms with van der Waals surface area (Å²) in [6.45, 7) is 2.95. The minimum atomic E-state index is -0.900. The average molecular weight is 478 g/mol. The van der Waals surface area contributed by atoms with Gasteiger partial charge in [0.1, 0.15) is 11.5 Å². The van der Waals surface area contributed by atoms with E-state index in [0.29, 0.717) is 30.2 Å². The van der Waals surface area contributed by atoms with Crippen LogP contribution in [-0.2, 0) is 7.05 Å². The van der Waals surface area contributed by atoms with Gasteiger partial charge in [-0.25, -0.2) is 18.3 Å². The standard InChI is InChI=1S/C25H25F2N7O/c1-15-23(17-11-29-33(2)14-17)32-34(18-6-4-3-5-7-18)24(15)31-25(35)30-22-13-28-12-19(22)16-8-9-20(26)21(27)10-16/h3-11,14,19,22,28H,12-13H2,1-2H3,(H2,30,31,35)/t19-,22+/m0/s1. The molecule has 8 nitrogen and oxygen atoms in total. The number of nitrogens with one attached hydrogen (secondary N) is 3. The van der Waals surface area contributed by atoms with E-state index in [9.17, 15) is 13.6 Å². The second-order valence-corrected chi connectivity index (χ2v) is 8.62. The molecule has 1 aliphatic heterocycles. The van der Waals surface area contributed by atoms with Crippen LogP contribution in [0.15, 0.2) is 60.9 Å². The van der Waals surface area contributed by atoms with Crippen molar-refractivity contribution >= 4 is 11.8 Å². The van der Waals surface area contributed by atoms with Crippen LogP contribution in [0.1, 0.15) is 17.0 Å². The van der Waals surface area contributed by atoms with Crippen molar-refractivity contribution in [3.63, 3.8) is 0 Å². The van der Waals surface area contributed by atoms with Crippen molar-refractivity contribution in [2.24, 2.45) is 7.05 Å². The normalized spacial score (nSPS) is 17.5. The molecule has 3 N–H and O–H groups in total. The van der Waals surface area contributed by atoms with Crippen LogP contribution in [0.3, 0.4) is 0 Å². The first kappa shape index (κ1) is 22.7. The zero-order chi connectivity index (χ0) is 24.5. The maximum atomic E-state index is 13.8. The number of carbonyl (C=O) groups excluding carboxylic acids is 1. The molecule has 0 spiro atoms. The van der Waals surface area contributed by atoms with Crippen molar-refractivity contribution in [3.8, 4) is 16.9 Å². The molecule has 2 amide bonds. The summed E-state index contributed by atoms with van der Waals surface area (Å²) >= 11 is 0. The molecule has 10 heteroatoms. The molecule has 1 fully saturated rings. The predicted octanol–water partition coefficient (Wildman–Crippen LogP) is 3.74. The number of nitrogens with zero attached hydrogens (tertiary/aromatic N) is 4. The molecule has 0 aliphatic carbocycles. The van der Waals surface area contributed by atoms with Gasteiger partial charge in [0.05, 0.1) is 17.9 Å². The van der Waals surface area contributed by atoms with Crippen molar-refractivity contribution in [1.82, 2.24) is 30.2 Å². The number of anilines is 1. The highest BCUT2D eigenvalue weighted by Gasteiger charge is 2.31. The fourth-order valence-corrected chi connectivity index (χ4v) is 4.45. The third kappa shape index (κ3) is 4.52. The van der Waals surface area contributed by atoms with Gasteiger partial charge in [-0.1, -0.05) is 24.3 Å². The highest BCUT2D eigenvalue weighted by Crippen LogP contribution is 2.30. The van der Waals surface area contributed by atoms with E-state index < -0.39 is 17.7 Å². The Morgan fingerprint density at radius 2 is 1.91 bits per heavy atom. The highest BCUT2D eigenvalue weighted by atomic mass is 19.2. The zero-order valence-electron chi connectivity index (χ0n) is 19.3. The number of hydrogen-bond acceptors (Lipinski definition) is 4. The molecular weight excluding hydrogens is 452 g/mol. The number of benzene rings is 2. The molecule has 2 aromatic heterocycles. The second kappa shape index (κ2) is 9.30. The molecule has 35 heavy (non-hydrogen) atoms. The van der Waals surface area contributed by atoms with Gasteiger partial charge in [0, 0.05) is 43.4 Å².